The largest absolute Gasteiger partial charge is 0.376 e. The summed E-state index contributed by atoms with van der Waals surface area (Å²) in [7, 11) is 0. The SMILES string of the molecule is O=C(NC1CCC2CN(C(=O)c3cccc4c3COCC4)CCC2C1)c1cnc2ccccn2c1=O. The lowest BCUT2D eigenvalue weighted by molar-refractivity contribution is 0.0470. The van der Waals surface area contributed by atoms with Gasteiger partial charge in [-0.2, -0.15) is 0 Å². The summed E-state index contributed by atoms with van der Waals surface area (Å²) < 4.78 is 7.03. The van der Waals surface area contributed by atoms with E-state index >= 15 is 0 Å². The maximum atomic E-state index is 13.4. The van der Waals surface area contributed by atoms with E-state index in [9.17, 15) is 14.4 Å². The zero-order valence-corrected chi connectivity index (χ0v) is 20.2. The first-order chi connectivity index (χ1) is 17.6. The van der Waals surface area contributed by atoms with Crippen molar-refractivity contribution in [2.75, 3.05) is 19.7 Å². The molecule has 1 N–H and O–H groups in total. The summed E-state index contributed by atoms with van der Waals surface area (Å²) in [5.41, 5.74) is 3.27. The molecule has 4 heterocycles. The van der Waals surface area contributed by atoms with Gasteiger partial charge in [0.25, 0.3) is 17.4 Å². The number of piperidine rings is 1. The molecule has 6 rings (SSSR count). The average molecular weight is 487 g/mol. The van der Waals surface area contributed by atoms with Crippen LogP contribution in [0.15, 0.2) is 53.6 Å². The average Bonchev–Trinajstić information content (AvgIpc) is 2.92. The molecule has 2 fully saturated rings. The van der Waals surface area contributed by atoms with E-state index in [0.29, 0.717) is 30.7 Å². The zero-order chi connectivity index (χ0) is 24.6. The molecule has 2 aliphatic heterocycles. The normalized spacial score (nSPS) is 23.6. The van der Waals surface area contributed by atoms with Gasteiger partial charge in [-0.1, -0.05) is 18.2 Å². The number of carbonyl (C=O) groups is 2. The lowest BCUT2D eigenvalue weighted by Crippen LogP contribution is -2.49. The van der Waals surface area contributed by atoms with E-state index < -0.39 is 0 Å². The Kier molecular flexibility index (Phi) is 6.05. The van der Waals surface area contributed by atoms with Crippen molar-refractivity contribution in [3.63, 3.8) is 0 Å². The molecule has 0 bridgehead atoms. The summed E-state index contributed by atoms with van der Waals surface area (Å²) in [6.45, 7) is 2.70. The third kappa shape index (κ3) is 4.19. The Hall–Kier alpha value is -3.52. The topological polar surface area (TPSA) is 93.0 Å². The maximum absolute atomic E-state index is 13.4. The smallest absolute Gasteiger partial charge is 0.270 e. The van der Waals surface area contributed by atoms with Gasteiger partial charge in [-0.3, -0.25) is 18.8 Å². The number of nitrogens with one attached hydrogen (secondary N) is 1. The predicted octanol–water partition coefficient (Wildman–Crippen LogP) is 2.83. The second-order valence-corrected chi connectivity index (χ2v) is 10.2. The van der Waals surface area contributed by atoms with Crippen molar-refractivity contribution in [1.82, 2.24) is 19.6 Å². The molecule has 8 heteroatoms. The minimum absolute atomic E-state index is 0.0233. The second kappa shape index (κ2) is 9.50. The number of nitrogens with zero attached hydrogens (tertiary/aromatic N) is 3. The van der Waals surface area contributed by atoms with Crippen LogP contribution in [0.3, 0.4) is 0 Å². The Bertz CT molecular complexity index is 1380. The van der Waals surface area contributed by atoms with E-state index in [1.54, 1.807) is 24.4 Å². The first-order valence-corrected chi connectivity index (χ1v) is 12.8. The van der Waals surface area contributed by atoms with Crippen LogP contribution in [0.2, 0.25) is 0 Å². The van der Waals surface area contributed by atoms with E-state index in [0.717, 1.165) is 56.3 Å². The zero-order valence-electron chi connectivity index (χ0n) is 20.2. The molecule has 2 aromatic heterocycles. The number of rotatable bonds is 3. The minimum Gasteiger partial charge on any atom is -0.376 e. The molecule has 3 atom stereocenters. The Morgan fingerprint density at radius 3 is 2.86 bits per heavy atom. The fourth-order valence-electron chi connectivity index (χ4n) is 6.14. The summed E-state index contributed by atoms with van der Waals surface area (Å²) in [5.74, 6) is 0.630. The predicted molar refractivity (Wildman–Crippen MR) is 134 cm³/mol. The quantitative estimate of drug-likeness (QED) is 0.615. The van der Waals surface area contributed by atoms with Gasteiger partial charge in [0, 0.05) is 37.1 Å². The highest BCUT2D eigenvalue weighted by atomic mass is 16.5. The Balaban J connectivity index is 1.09. The van der Waals surface area contributed by atoms with Crippen LogP contribution < -0.4 is 10.9 Å². The third-order valence-corrected chi connectivity index (χ3v) is 8.11. The minimum atomic E-state index is -0.363. The number of hydrogen-bond acceptors (Lipinski definition) is 5. The Morgan fingerprint density at radius 2 is 1.94 bits per heavy atom. The van der Waals surface area contributed by atoms with Crippen molar-refractivity contribution in [3.05, 3.63) is 81.4 Å². The molecule has 1 saturated heterocycles. The van der Waals surface area contributed by atoms with Crippen molar-refractivity contribution >= 4 is 17.5 Å². The molecule has 1 aromatic carbocycles. The maximum Gasteiger partial charge on any atom is 0.270 e. The Morgan fingerprint density at radius 1 is 1.03 bits per heavy atom. The van der Waals surface area contributed by atoms with E-state index in [4.69, 9.17) is 4.74 Å². The lowest BCUT2D eigenvalue weighted by Gasteiger charge is -2.44. The van der Waals surface area contributed by atoms with Crippen LogP contribution in [0.25, 0.3) is 5.65 Å². The van der Waals surface area contributed by atoms with Gasteiger partial charge >= 0.3 is 0 Å². The molecule has 0 spiro atoms. The molecule has 0 radical (unpaired) electrons. The highest BCUT2D eigenvalue weighted by Crippen LogP contribution is 2.37. The van der Waals surface area contributed by atoms with Gasteiger partial charge in [-0.05, 0) is 73.3 Å². The van der Waals surface area contributed by atoms with Crippen LogP contribution in [0.1, 0.15) is 57.5 Å². The van der Waals surface area contributed by atoms with Crippen molar-refractivity contribution in [1.29, 1.82) is 0 Å². The first kappa shape index (κ1) is 22.9. The molecule has 3 unspecified atom stereocenters. The summed E-state index contributed by atoms with van der Waals surface area (Å²) in [4.78, 5) is 45.4. The molecule has 1 saturated carbocycles. The molecule has 186 valence electrons. The number of fused-ring (bicyclic) bond motifs is 3. The van der Waals surface area contributed by atoms with Crippen molar-refractivity contribution < 1.29 is 14.3 Å². The second-order valence-electron chi connectivity index (χ2n) is 10.2. The Labute approximate surface area is 209 Å². The summed E-state index contributed by atoms with van der Waals surface area (Å²) in [6.07, 6.45) is 7.44. The standard InChI is InChI=1S/C28H30N4O4/c33-26(23-15-29-25-6-1-2-11-32(25)28(23)35)30-21-8-7-20-16-31(12-9-19(20)14-21)27(34)22-5-3-4-18-10-13-36-17-24(18)22/h1-6,11,15,19-21H,7-10,12-14,16-17H2,(H,30,33). The van der Waals surface area contributed by atoms with Crippen molar-refractivity contribution in [2.45, 2.75) is 44.8 Å². The van der Waals surface area contributed by atoms with E-state index in [1.165, 1.54) is 16.2 Å². The van der Waals surface area contributed by atoms with Gasteiger partial charge < -0.3 is 15.0 Å². The van der Waals surface area contributed by atoms with Gasteiger partial charge in [-0.25, -0.2) is 4.98 Å². The number of hydrogen-bond donors (Lipinski definition) is 1. The van der Waals surface area contributed by atoms with Crippen LogP contribution in [-0.4, -0.2) is 51.8 Å². The van der Waals surface area contributed by atoms with Crippen molar-refractivity contribution in [2.24, 2.45) is 11.8 Å². The van der Waals surface area contributed by atoms with Gasteiger partial charge in [-0.15, -0.1) is 0 Å². The molecular formula is C28H30N4O4. The number of likely N-dealkylation sites (tertiary alicyclic amines) is 1. The number of ether oxygens (including phenoxy) is 1. The van der Waals surface area contributed by atoms with Gasteiger partial charge in [0.15, 0.2) is 0 Å². The summed E-state index contributed by atoms with van der Waals surface area (Å²) in [6, 6.07) is 11.3. The van der Waals surface area contributed by atoms with Gasteiger partial charge in [0.2, 0.25) is 0 Å². The lowest BCUT2D eigenvalue weighted by atomic mass is 9.73. The number of amides is 2. The summed E-state index contributed by atoms with van der Waals surface area (Å²) >= 11 is 0. The van der Waals surface area contributed by atoms with Crippen molar-refractivity contribution in [3.8, 4) is 0 Å². The monoisotopic (exact) mass is 486 g/mol. The van der Waals surface area contributed by atoms with Crippen LogP contribution in [0, 0.1) is 11.8 Å². The molecule has 2 amide bonds. The number of aromatic nitrogens is 2. The fraction of sp³-hybridized carbons (Fsp3) is 0.429. The molecule has 1 aliphatic carbocycles. The van der Waals surface area contributed by atoms with Gasteiger partial charge in [0.1, 0.15) is 11.2 Å². The first-order valence-electron chi connectivity index (χ1n) is 12.8. The van der Waals surface area contributed by atoms with Crippen LogP contribution in [0.5, 0.6) is 0 Å². The molecule has 8 nitrogen and oxygen atoms in total. The third-order valence-electron chi connectivity index (χ3n) is 8.11. The van der Waals surface area contributed by atoms with Crippen LogP contribution >= 0.6 is 0 Å². The fourth-order valence-corrected chi connectivity index (χ4v) is 6.14. The number of benzene rings is 1. The highest BCUT2D eigenvalue weighted by molar-refractivity contribution is 5.96. The highest BCUT2D eigenvalue weighted by Gasteiger charge is 2.37. The number of pyridine rings is 1. The number of carbonyl (C=O) groups excluding carboxylic acids is 2. The summed E-state index contributed by atoms with van der Waals surface area (Å²) in [5, 5.41) is 3.08. The molecule has 36 heavy (non-hydrogen) atoms. The molecule has 3 aliphatic rings. The van der Waals surface area contributed by atoms with E-state index in [-0.39, 0.29) is 29.0 Å². The molecule has 3 aromatic rings. The molecular weight excluding hydrogens is 456 g/mol. The van der Waals surface area contributed by atoms with Crippen LogP contribution in [0.4, 0.5) is 0 Å². The van der Waals surface area contributed by atoms with Gasteiger partial charge in [0.05, 0.1) is 13.2 Å². The van der Waals surface area contributed by atoms with E-state index in [1.807, 2.05) is 17.0 Å². The van der Waals surface area contributed by atoms with Crippen LogP contribution in [-0.2, 0) is 17.8 Å². The van der Waals surface area contributed by atoms with E-state index in [2.05, 4.69) is 16.4 Å².